The lowest BCUT2D eigenvalue weighted by atomic mass is 9.97. The number of methoxy groups -OCH3 is 1. The molecule has 0 radical (unpaired) electrons. The lowest BCUT2D eigenvalue weighted by Gasteiger charge is -2.28. The number of ether oxygens (including phenoxy) is 3. The normalized spacial score (nSPS) is 14.4. The molecule has 0 amide bonds. The highest BCUT2D eigenvalue weighted by Gasteiger charge is 2.47. The van der Waals surface area contributed by atoms with Crippen LogP contribution in [0, 0.1) is 0 Å². The quantitative estimate of drug-likeness (QED) is 0.628. The van der Waals surface area contributed by atoms with Crippen LogP contribution in [0.25, 0.3) is 0 Å². The van der Waals surface area contributed by atoms with E-state index >= 15 is 0 Å². The maximum Gasteiger partial charge on any atom is 0.305 e. The second-order valence-electron chi connectivity index (χ2n) is 5.46. The van der Waals surface area contributed by atoms with Gasteiger partial charge < -0.3 is 14.2 Å². The molecule has 3 nitrogen and oxygen atoms in total. The number of halogens is 1. The van der Waals surface area contributed by atoms with Gasteiger partial charge in [0.2, 0.25) is 5.75 Å². The van der Waals surface area contributed by atoms with Crippen LogP contribution in [0.3, 0.4) is 0 Å². The van der Waals surface area contributed by atoms with Crippen LogP contribution in [0.1, 0.15) is 11.1 Å². The number of hydrogen-bond donors (Lipinski definition) is 0. The molecule has 0 spiro atoms. The van der Waals surface area contributed by atoms with E-state index in [4.69, 9.17) is 14.2 Å². The van der Waals surface area contributed by atoms with Gasteiger partial charge in [0.1, 0.15) is 0 Å². The summed E-state index contributed by atoms with van der Waals surface area (Å²) in [5.74, 6) is 0.839. The number of benzene rings is 3. The van der Waals surface area contributed by atoms with E-state index < -0.39 is 5.79 Å². The second kappa shape index (κ2) is 5.87. The van der Waals surface area contributed by atoms with Gasteiger partial charge in [-0.15, -0.1) is 0 Å². The molecule has 0 unspecified atom stereocenters. The number of hydrogen-bond acceptors (Lipinski definition) is 3. The summed E-state index contributed by atoms with van der Waals surface area (Å²) >= 11 is 3.55. The van der Waals surface area contributed by atoms with Gasteiger partial charge in [0.25, 0.3) is 0 Å². The maximum absolute atomic E-state index is 6.39. The van der Waals surface area contributed by atoms with Gasteiger partial charge in [-0.25, -0.2) is 0 Å². The molecule has 0 fully saturated rings. The molecule has 120 valence electrons. The minimum Gasteiger partial charge on any atom is -0.493 e. The first kappa shape index (κ1) is 15.1. The third kappa shape index (κ3) is 2.26. The van der Waals surface area contributed by atoms with Gasteiger partial charge in [-0.05, 0) is 28.1 Å². The Morgan fingerprint density at radius 3 is 1.83 bits per heavy atom. The van der Waals surface area contributed by atoms with Crippen LogP contribution in [-0.4, -0.2) is 7.11 Å². The van der Waals surface area contributed by atoms with Crippen LogP contribution >= 0.6 is 15.9 Å². The summed E-state index contributed by atoms with van der Waals surface area (Å²) in [5, 5.41) is 0. The Balaban J connectivity index is 1.93. The fourth-order valence-electron chi connectivity index (χ4n) is 2.90. The Hall–Kier alpha value is -2.46. The smallest absolute Gasteiger partial charge is 0.305 e. The van der Waals surface area contributed by atoms with Crippen LogP contribution < -0.4 is 14.2 Å². The Bertz CT molecular complexity index is 823. The molecule has 0 aromatic heterocycles. The SMILES string of the molecule is COc1ccc(Br)c2c1OC(c1ccccc1)(c1ccccc1)O2. The highest BCUT2D eigenvalue weighted by molar-refractivity contribution is 9.10. The standard InChI is InChI=1S/C20H15BrO3/c1-22-17-13-12-16(21)18-19(17)24-20(23-18,14-8-4-2-5-9-14)15-10-6-3-7-11-15/h2-13H,1H3. The van der Waals surface area contributed by atoms with Crippen molar-refractivity contribution in [2.24, 2.45) is 0 Å². The molecule has 0 atom stereocenters. The molecular weight excluding hydrogens is 368 g/mol. The van der Waals surface area contributed by atoms with Gasteiger partial charge in [0.15, 0.2) is 11.5 Å². The summed E-state index contributed by atoms with van der Waals surface area (Å²) in [5.41, 5.74) is 1.84. The largest absolute Gasteiger partial charge is 0.493 e. The predicted molar refractivity (Wildman–Crippen MR) is 95.6 cm³/mol. The Kier molecular flexibility index (Phi) is 3.69. The van der Waals surface area contributed by atoms with Crippen molar-refractivity contribution in [1.82, 2.24) is 0 Å². The van der Waals surface area contributed by atoms with Gasteiger partial charge in [0, 0.05) is 11.1 Å². The average Bonchev–Trinajstić information content (AvgIpc) is 3.07. The first-order valence-electron chi connectivity index (χ1n) is 7.60. The van der Waals surface area contributed by atoms with Crippen molar-refractivity contribution in [3.8, 4) is 17.2 Å². The van der Waals surface area contributed by atoms with Crippen molar-refractivity contribution in [1.29, 1.82) is 0 Å². The molecule has 24 heavy (non-hydrogen) atoms. The predicted octanol–water partition coefficient (Wildman–Crippen LogP) is 5.13. The van der Waals surface area contributed by atoms with Crippen molar-refractivity contribution in [2.45, 2.75) is 5.79 Å². The molecule has 0 N–H and O–H groups in total. The van der Waals surface area contributed by atoms with Gasteiger partial charge in [-0.1, -0.05) is 60.7 Å². The van der Waals surface area contributed by atoms with E-state index in [0.717, 1.165) is 15.6 Å². The van der Waals surface area contributed by atoms with E-state index in [-0.39, 0.29) is 0 Å². The van der Waals surface area contributed by atoms with Gasteiger partial charge >= 0.3 is 5.79 Å². The minimum atomic E-state index is -1.04. The van der Waals surface area contributed by atoms with Crippen LogP contribution in [0.5, 0.6) is 17.2 Å². The third-order valence-corrected chi connectivity index (χ3v) is 4.67. The molecule has 1 aliphatic heterocycles. The zero-order chi connectivity index (χ0) is 16.6. The van der Waals surface area contributed by atoms with Crippen molar-refractivity contribution < 1.29 is 14.2 Å². The monoisotopic (exact) mass is 382 g/mol. The molecule has 0 saturated carbocycles. The molecule has 4 heteroatoms. The summed E-state index contributed by atoms with van der Waals surface area (Å²) in [4.78, 5) is 0. The van der Waals surface area contributed by atoms with E-state index in [0.29, 0.717) is 17.2 Å². The number of rotatable bonds is 3. The molecule has 1 aliphatic rings. The summed E-state index contributed by atoms with van der Waals surface area (Å²) < 4.78 is 19.1. The lowest BCUT2D eigenvalue weighted by Crippen LogP contribution is -2.36. The average molecular weight is 383 g/mol. The topological polar surface area (TPSA) is 27.7 Å². The molecule has 0 saturated heterocycles. The van der Waals surface area contributed by atoms with Crippen LogP contribution in [0.15, 0.2) is 77.3 Å². The summed E-state index contributed by atoms with van der Waals surface area (Å²) in [6.45, 7) is 0. The number of fused-ring (bicyclic) bond motifs is 1. The van der Waals surface area contributed by atoms with Crippen molar-refractivity contribution in [3.05, 3.63) is 88.4 Å². The maximum atomic E-state index is 6.39. The Labute approximate surface area is 148 Å². The van der Waals surface area contributed by atoms with Crippen LogP contribution in [-0.2, 0) is 5.79 Å². The first-order chi connectivity index (χ1) is 11.7. The van der Waals surface area contributed by atoms with Crippen LogP contribution in [0.2, 0.25) is 0 Å². The molecular formula is C20H15BrO3. The van der Waals surface area contributed by atoms with Crippen LogP contribution in [0.4, 0.5) is 0 Å². The van der Waals surface area contributed by atoms with E-state index in [2.05, 4.69) is 15.9 Å². The van der Waals surface area contributed by atoms with Gasteiger partial charge in [-0.3, -0.25) is 0 Å². The van der Waals surface area contributed by atoms with Gasteiger partial charge in [0.05, 0.1) is 11.6 Å². The second-order valence-corrected chi connectivity index (χ2v) is 6.31. The summed E-state index contributed by atoms with van der Waals surface area (Å²) in [6, 6.07) is 23.6. The fraction of sp³-hybridized carbons (Fsp3) is 0.100. The van der Waals surface area contributed by atoms with Crippen molar-refractivity contribution in [2.75, 3.05) is 7.11 Å². The Morgan fingerprint density at radius 1 is 0.750 bits per heavy atom. The lowest BCUT2D eigenvalue weighted by molar-refractivity contribution is -0.0469. The summed E-state index contributed by atoms with van der Waals surface area (Å²) in [6.07, 6.45) is 0. The molecule has 0 bridgehead atoms. The molecule has 3 aromatic rings. The molecule has 1 heterocycles. The van der Waals surface area contributed by atoms with E-state index in [1.165, 1.54) is 0 Å². The Morgan fingerprint density at radius 2 is 1.29 bits per heavy atom. The van der Waals surface area contributed by atoms with Crippen molar-refractivity contribution >= 4 is 15.9 Å². The highest BCUT2D eigenvalue weighted by atomic mass is 79.9. The molecule has 3 aromatic carbocycles. The third-order valence-electron chi connectivity index (χ3n) is 4.05. The highest BCUT2D eigenvalue weighted by Crippen LogP contribution is 2.54. The zero-order valence-electron chi connectivity index (χ0n) is 13.0. The summed E-state index contributed by atoms with van der Waals surface area (Å²) in [7, 11) is 1.62. The van der Waals surface area contributed by atoms with E-state index in [1.807, 2.05) is 72.8 Å². The first-order valence-corrected chi connectivity index (χ1v) is 8.39. The minimum absolute atomic E-state index is 0.597. The molecule has 4 rings (SSSR count). The van der Waals surface area contributed by atoms with E-state index in [1.54, 1.807) is 7.11 Å². The fourth-order valence-corrected chi connectivity index (χ4v) is 3.29. The van der Waals surface area contributed by atoms with Gasteiger partial charge in [-0.2, -0.15) is 0 Å². The van der Waals surface area contributed by atoms with E-state index in [9.17, 15) is 0 Å². The zero-order valence-corrected chi connectivity index (χ0v) is 14.6. The molecule has 0 aliphatic carbocycles. The van der Waals surface area contributed by atoms with Crippen molar-refractivity contribution in [3.63, 3.8) is 0 Å².